The lowest BCUT2D eigenvalue weighted by atomic mass is 10.2. The van der Waals surface area contributed by atoms with Gasteiger partial charge in [0.25, 0.3) is 5.91 Å². The molecular weight excluding hydrogens is 291 g/mol. The smallest absolute Gasteiger partial charge is 0.335 e. The molecule has 1 amide bonds. The maximum atomic E-state index is 11.9. The second kappa shape index (κ2) is 5.34. The van der Waals surface area contributed by atoms with Gasteiger partial charge in [0.2, 0.25) is 0 Å². The first-order valence-corrected chi connectivity index (χ1v) is 5.91. The molecule has 0 radical (unpaired) electrons. The molecule has 0 atom stereocenters. The van der Waals surface area contributed by atoms with Crippen molar-refractivity contribution < 1.29 is 14.7 Å². The number of halogens is 2. The summed E-state index contributed by atoms with van der Waals surface area (Å²) < 4.78 is 0. The number of amides is 1. The fraction of sp³-hybridized carbons (Fsp3) is 0. The molecular formula is C12H8Cl2N2O3. The topological polar surface area (TPSA) is 82.2 Å². The Balaban J connectivity index is 2.25. The van der Waals surface area contributed by atoms with Crippen molar-refractivity contribution in [3.05, 3.63) is 51.8 Å². The van der Waals surface area contributed by atoms with Gasteiger partial charge in [-0.05, 0) is 24.3 Å². The molecule has 1 aromatic heterocycles. The molecule has 3 N–H and O–H groups in total. The summed E-state index contributed by atoms with van der Waals surface area (Å²) in [4.78, 5) is 25.4. The Kier molecular flexibility index (Phi) is 3.78. The molecule has 5 nitrogen and oxygen atoms in total. The first-order valence-electron chi connectivity index (χ1n) is 5.15. The molecule has 98 valence electrons. The number of aromatic carboxylic acids is 1. The SMILES string of the molecule is O=C(O)c1ccc(Cl)c(NC(=O)c2cc(Cl)c[nH]2)c1. The van der Waals surface area contributed by atoms with Crippen molar-refractivity contribution in [3.8, 4) is 0 Å². The van der Waals surface area contributed by atoms with Crippen LogP contribution in [0.5, 0.6) is 0 Å². The second-order valence-electron chi connectivity index (χ2n) is 3.69. The van der Waals surface area contributed by atoms with E-state index in [1.807, 2.05) is 0 Å². The van der Waals surface area contributed by atoms with Crippen LogP contribution in [-0.2, 0) is 0 Å². The summed E-state index contributed by atoms with van der Waals surface area (Å²) in [6.07, 6.45) is 1.46. The minimum Gasteiger partial charge on any atom is -0.478 e. The van der Waals surface area contributed by atoms with E-state index < -0.39 is 11.9 Å². The van der Waals surface area contributed by atoms with Gasteiger partial charge in [-0.15, -0.1) is 0 Å². The number of carboxylic acids is 1. The Hall–Kier alpha value is -1.98. The maximum absolute atomic E-state index is 11.9. The van der Waals surface area contributed by atoms with Crippen molar-refractivity contribution in [2.24, 2.45) is 0 Å². The highest BCUT2D eigenvalue weighted by Crippen LogP contribution is 2.24. The zero-order valence-corrected chi connectivity index (χ0v) is 10.9. The van der Waals surface area contributed by atoms with Gasteiger partial charge in [-0.2, -0.15) is 0 Å². The summed E-state index contributed by atoms with van der Waals surface area (Å²) in [5, 5.41) is 12.0. The quantitative estimate of drug-likeness (QED) is 0.813. The minimum atomic E-state index is -1.10. The standard InChI is InChI=1S/C12H8Cl2N2O3/c13-7-4-10(15-5-7)11(17)16-9-3-6(12(18)19)1-2-8(9)14/h1-5,15H,(H,16,17)(H,18,19). The number of carboxylic acid groups (broad SMARTS) is 1. The van der Waals surface area contributed by atoms with Crippen LogP contribution < -0.4 is 5.32 Å². The van der Waals surface area contributed by atoms with Crippen LogP contribution in [0, 0.1) is 0 Å². The second-order valence-corrected chi connectivity index (χ2v) is 4.53. The third-order valence-corrected chi connectivity index (χ3v) is 2.90. The van der Waals surface area contributed by atoms with E-state index in [9.17, 15) is 9.59 Å². The van der Waals surface area contributed by atoms with Gasteiger partial charge in [0, 0.05) is 6.20 Å². The monoisotopic (exact) mass is 298 g/mol. The largest absolute Gasteiger partial charge is 0.478 e. The molecule has 0 aliphatic rings. The Morgan fingerprint density at radius 2 is 1.95 bits per heavy atom. The average molecular weight is 299 g/mol. The van der Waals surface area contributed by atoms with E-state index in [0.717, 1.165) is 0 Å². The van der Waals surface area contributed by atoms with Crippen LogP contribution in [0.25, 0.3) is 0 Å². The van der Waals surface area contributed by atoms with E-state index in [1.165, 1.54) is 30.5 Å². The van der Waals surface area contributed by atoms with Gasteiger partial charge in [0.15, 0.2) is 0 Å². The lowest BCUT2D eigenvalue weighted by molar-refractivity contribution is 0.0696. The predicted octanol–water partition coefficient (Wildman–Crippen LogP) is 3.27. The normalized spacial score (nSPS) is 10.2. The first kappa shape index (κ1) is 13.5. The van der Waals surface area contributed by atoms with Crippen LogP contribution in [0.3, 0.4) is 0 Å². The summed E-state index contributed by atoms with van der Waals surface area (Å²) in [5.74, 6) is -1.56. The highest BCUT2D eigenvalue weighted by atomic mass is 35.5. The van der Waals surface area contributed by atoms with E-state index in [4.69, 9.17) is 28.3 Å². The molecule has 0 aliphatic carbocycles. The van der Waals surface area contributed by atoms with Crippen LogP contribution in [0.4, 0.5) is 5.69 Å². The molecule has 19 heavy (non-hydrogen) atoms. The molecule has 2 rings (SSSR count). The summed E-state index contributed by atoms with van der Waals surface area (Å²) in [6.45, 7) is 0. The number of nitrogens with one attached hydrogen (secondary N) is 2. The summed E-state index contributed by atoms with van der Waals surface area (Å²) in [7, 11) is 0. The van der Waals surface area contributed by atoms with Crippen molar-refractivity contribution in [2.75, 3.05) is 5.32 Å². The molecule has 1 aromatic carbocycles. The van der Waals surface area contributed by atoms with Gasteiger partial charge in [-0.25, -0.2) is 4.79 Å². The van der Waals surface area contributed by atoms with Gasteiger partial charge in [-0.1, -0.05) is 23.2 Å². The third-order valence-electron chi connectivity index (χ3n) is 2.35. The third kappa shape index (κ3) is 3.07. The number of hydrogen-bond donors (Lipinski definition) is 3. The van der Waals surface area contributed by atoms with E-state index in [2.05, 4.69) is 10.3 Å². The van der Waals surface area contributed by atoms with E-state index in [-0.39, 0.29) is 22.0 Å². The molecule has 2 aromatic rings. The number of benzene rings is 1. The molecule has 0 saturated carbocycles. The molecule has 0 spiro atoms. The number of aromatic nitrogens is 1. The van der Waals surface area contributed by atoms with Gasteiger partial charge < -0.3 is 15.4 Å². The maximum Gasteiger partial charge on any atom is 0.335 e. The average Bonchev–Trinajstić information content (AvgIpc) is 2.78. The molecule has 0 aliphatic heterocycles. The molecule has 0 fully saturated rings. The van der Waals surface area contributed by atoms with Crippen molar-refractivity contribution >= 4 is 40.8 Å². The number of hydrogen-bond acceptors (Lipinski definition) is 2. The highest BCUT2D eigenvalue weighted by molar-refractivity contribution is 6.34. The molecule has 1 heterocycles. The van der Waals surface area contributed by atoms with Crippen molar-refractivity contribution in [2.45, 2.75) is 0 Å². The first-order chi connectivity index (χ1) is 8.97. The van der Waals surface area contributed by atoms with Crippen LogP contribution in [0.1, 0.15) is 20.8 Å². The predicted molar refractivity (Wildman–Crippen MR) is 72.2 cm³/mol. The Bertz CT molecular complexity index is 652. The van der Waals surface area contributed by atoms with E-state index in [0.29, 0.717) is 5.02 Å². The highest BCUT2D eigenvalue weighted by Gasteiger charge is 2.12. The lowest BCUT2D eigenvalue weighted by Gasteiger charge is -2.07. The lowest BCUT2D eigenvalue weighted by Crippen LogP contribution is -2.13. The Labute approximate surface area is 118 Å². The van der Waals surface area contributed by atoms with Gasteiger partial charge in [0.05, 0.1) is 21.3 Å². The Morgan fingerprint density at radius 1 is 1.21 bits per heavy atom. The number of carbonyl (C=O) groups is 2. The Morgan fingerprint density at radius 3 is 2.53 bits per heavy atom. The van der Waals surface area contributed by atoms with Gasteiger partial charge >= 0.3 is 5.97 Å². The van der Waals surface area contributed by atoms with Crippen LogP contribution >= 0.6 is 23.2 Å². The molecule has 0 unspecified atom stereocenters. The zero-order chi connectivity index (χ0) is 14.0. The number of aromatic amines is 1. The van der Waals surface area contributed by atoms with Crippen molar-refractivity contribution in [1.29, 1.82) is 0 Å². The number of H-pyrrole nitrogens is 1. The number of anilines is 1. The zero-order valence-electron chi connectivity index (χ0n) is 9.41. The van der Waals surface area contributed by atoms with Crippen molar-refractivity contribution in [1.82, 2.24) is 4.98 Å². The number of carbonyl (C=O) groups excluding carboxylic acids is 1. The molecule has 0 bridgehead atoms. The van der Waals surface area contributed by atoms with E-state index >= 15 is 0 Å². The van der Waals surface area contributed by atoms with Gasteiger partial charge in [0.1, 0.15) is 5.69 Å². The summed E-state index contributed by atoms with van der Waals surface area (Å²) in [6, 6.07) is 5.49. The van der Waals surface area contributed by atoms with Crippen molar-refractivity contribution in [3.63, 3.8) is 0 Å². The molecule has 7 heteroatoms. The fourth-order valence-electron chi connectivity index (χ4n) is 1.44. The minimum absolute atomic E-state index is 0.0317. The van der Waals surface area contributed by atoms with Crippen LogP contribution in [-0.4, -0.2) is 22.0 Å². The number of rotatable bonds is 3. The molecule has 0 saturated heterocycles. The van der Waals surface area contributed by atoms with Crippen LogP contribution in [0.2, 0.25) is 10.0 Å². The van der Waals surface area contributed by atoms with E-state index in [1.54, 1.807) is 0 Å². The fourth-order valence-corrected chi connectivity index (χ4v) is 1.77. The van der Waals surface area contributed by atoms with Gasteiger partial charge in [-0.3, -0.25) is 4.79 Å². The summed E-state index contributed by atoms with van der Waals surface area (Å²) >= 11 is 11.6. The summed E-state index contributed by atoms with van der Waals surface area (Å²) in [5.41, 5.74) is 0.503. The van der Waals surface area contributed by atoms with Crippen LogP contribution in [0.15, 0.2) is 30.5 Å².